The monoisotopic (exact) mass is 294 g/mol. The van der Waals surface area contributed by atoms with E-state index in [0.717, 1.165) is 5.56 Å². The minimum Gasteiger partial charge on any atom is -0.347 e. The molecule has 1 aromatic heterocycles. The minimum absolute atomic E-state index is 0.217. The van der Waals surface area contributed by atoms with Gasteiger partial charge in [-0.25, -0.2) is 4.98 Å². The molecule has 0 saturated heterocycles. The molecule has 0 spiro atoms. The van der Waals surface area contributed by atoms with Gasteiger partial charge in [0.25, 0.3) is 10.2 Å². The number of nitrogens with zero attached hydrogens (tertiary/aromatic N) is 3. The third-order valence-corrected chi connectivity index (χ3v) is 4.80. The lowest BCUT2D eigenvalue weighted by atomic mass is 10.2. The summed E-state index contributed by atoms with van der Waals surface area (Å²) >= 11 is 0. The van der Waals surface area contributed by atoms with Crippen LogP contribution in [0.1, 0.15) is 11.4 Å². The molecule has 0 amide bonds. The molecule has 1 heterocycles. The van der Waals surface area contributed by atoms with Crippen LogP contribution in [0.5, 0.6) is 0 Å². The Morgan fingerprint density at radius 1 is 1.10 bits per heavy atom. The fourth-order valence-electron chi connectivity index (χ4n) is 1.84. The zero-order valence-corrected chi connectivity index (χ0v) is 12.3. The van der Waals surface area contributed by atoms with E-state index in [1.165, 1.54) is 8.61 Å². The largest absolute Gasteiger partial charge is 0.347 e. The van der Waals surface area contributed by atoms with Crippen LogP contribution in [0.2, 0.25) is 0 Å². The first kappa shape index (κ1) is 14.7. The standard InChI is InChI=1S/C13H18N4O2S/c1-16(10-12-6-4-3-5-7-12)20(18,19)17(2)11-13-14-8-9-15-13/h3-9H,10-11H2,1-2H3,(H,14,15). The first-order valence-electron chi connectivity index (χ1n) is 6.20. The smallest absolute Gasteiger partial charge is 0.282 e. The number of hydrogen-bond acceptors (Lipinski definition) is 3. The van der Waals surface area contributed by atoms with E-state index in [0.29, 0.717) is 12.4 Å². The second-order valence-corrected chi connectivity index (χ2v) is 6.68. The normalized spacial score (nSPS) is 12.2. The molecule has 0 saturated carbocycles. The Hall–Kier alpha value is -1.70. The molecule has 0 aliphatic rings. The zero-order chi connectivity index (χ0) is 14.6. The SMILES string of the molecule is CN(Cc1ccccc1)S(=O)(=O)N(C)Cc1ncc[nH]1. The van der Waals surface area contributed by atoms with Crippen molar-refractivity contribution in [3.8, 4) is 0 Å². The van der Waals surface area contributed by atoms with Gasteiger partial charge in [-0.15, -0.1) is 0 Å². The number of aromatic nitrogens is 2. The molecule has 1 aromatic carbocycles. The van der Waals surface area contributed by atoms with Crippen molar-refractivity contribution in [3.63, 3.8) is 0 Å². The van der Waals surface area contributed by atoms with Crippen molar-refractivity contribution >= 4 is 10.2 Å². The van der Waals surface area contributed by atoms with E-state index < -0.39 is 10.2 Å². The summed E-state index contributed by atoms with van der Waals surface area (Å²) in [6.45, 7) is 0.556. The third-order valence-electron chi connectivity index (χ3n) is 2.96. The van der Waals surface area contributed by atoms with Crippen molar-refractivity contribution in [2.45, 2.75) is 13.1 Å². The van der Waals surface area contributed by atoms with Crippen molar-refractivity contribution < 1.29 is 8.42 Å². The second-order valence-electron chi connectivity index (χ2n) is 4.54. The molecule has 108 valence electrons. The fourth-order valence-corrected chi connectivity index (χ4v) is 2.91. The molecule has 0 unspecified atom stereocenters. The Bertz CT molecular complexity index is 626. The Kier molecular flexibility index (Phi) is 4.53. The summed E-state index contributed by atoms with van der Waals surface area (Å²) in [5.74, 6) is 0.615. The lowest BCUT2D eigenvalue weighted by Crippen LogP contribution is -2.39. The van der Waals surface area contributed by atoms with Gasteiger partial charge < -0.3 is 4.98 Å². The summed E-state index contributed by atoms with van der Waals surface area (Å²) in [5, 5.41) is 0. The quantitative estimate of drug-likeness (QED) is 0.871. The summed E-state index contributed by atoms with van der Waals surface area (Å²) in [4.78, 5) is 6.93. The first-order valence-corrected chi connectivity index (χ1v) is 7.59. The van der Waals surface area contributed by atoms with Crippen LogP contribution in [0.3, 0.4) is 0 Å². The van der Waals surface area contributed by atoms with Crippen molar-refractivity contribution in [2.75, 3.05) is 14.1 Å². The van der Waals surface area contributed by atoms with Gasteiger partial charge in [-0.05, 0) is 5.56 Å². The van der Waals surface area contributed by atoms with Crippen LogP contribution in [-0.4, -0.2) is 41.1 Å². The average Bonchev–Trinajstić information content (AvgIpc) is 2.92. The van der Waals surface area contributed by atoms with Crippen LogP contribution >= 0.6 is 0 Å². The Morgan fingerprint density at radius 2 is 1.75 bits per heavy atom. The highest BCUT2D eigenvalue weighted by atomic mass is 32.2. The second kappa shape index (κ2) is 6.17. The number of aromatic amines is 1. The highest BCUT2D eigenvalue weighted by Crippen LogP contribution is 2.11. The summed E-state index contributed by atoms with van der Waals surface area (Å²) < 4.78 is 27.3. The topological polar surface area (TPSA) is 69.3 Å². The van der Waals surface area contributed by atoms with Crippen molar-refractivity contribution in [1.29, 1.82) is 0 Å². The maximum Gasteiger partial charge on any atom is 0.282 e. The Balaban J connectivity index is 2.05. The van der Waals surface area contributed by atoms with E-state index in [9.17, 15) is 8.42 Å². The van der Waals surface area contributed by atoms with Crippen LogP contribution in [0.25, 0.3) is 0 Å². The van der Waals surface area contributed by atoms with Crippen molar-refractivity contribution in [3.05, 3.63) is 54.1 Å². The van der Waals surface area contributed by atoms with Gasteiger partial charge in [-0.2, -0.15) is 17.0 Å². The van der Waals surface area contributed by atoms with Gasteiger partial charge >= 0.3 is 0 Å². The highest BCUT2D eigenvalue weighted by molar-refractivity contribution is 7.86. The fraction of sp³-hybridized carbons (Fsp3) is 0.308. The van der Waals surface area contributed by atoms with Gasteiger partial charge in [0.1, 0.15) is 5.82 Å². The van der Waals surface area contributed by atoms with Gasteiger partial charge in [0.2, 0.25) is 0 Å². The van der Waals surface area contributed by atoms with E-state index in [4.69, 9.17) is 0 Å². The zero-order valence-electron chi connectivity index (χ0n) is 11.5. The van der Waals surface area contributed by atoms with Gasteiger partial charge in [0.15, 0.2) is 0 Å². The van der Waals surface area contributed by atoms with Gasteiger partial charge in [-0.1, -0.05) is 30.3 Å². The predicted octanol–water partition coefficient (Wildman–Crippen LogP) is 1.22. The molecule has 0 bridgehead atoms. The molecular formula is C13H18N4O2S. The highest BCUT2D eigenvalue weighted by Gasteiger charge is 2.24. The van der Waals surface area contributed by atoms with E-state index in [1.807, 2.05) is 30.3 Å². The number of nitrogens with one attached hydrogen (secondary N) is 1. The molecule has 0 fully saturated rings. The number of rotatable bonds is 6. The molecule has 20 heavy (non-hydrogen) atoms. The summed E-state index contributed by atoms with van der Waals surface area (Å²) in [7, 11) is -0.395. The first-order chi connectivity index (χ1) is 9.50. The molecular weight excluding hydrogens is 276 g/mol. The molecule has 0 atom stereocenters. The van der Waals surface area contributed by atoms with Crippen LogP contribution in [-0.2, 0) is 23.3 Å². The molecule has 7 heteroatoms. The Morgan fingerprint density at radius 3 is 2.35 bits per heavy atom. The van der Waals surface area contributed by atoms with E-state index in [-0.39, 0.29) is 6.54 Å². The summed E-state index contributed by atoms with van der Waals surface area (Å²) in [6.07, 6.45) is 3.27. The molecule has 0 radical (unpaired) electrons. The van der Waals surface area contributed by atoms with Crippen LogP contribution in [0.15, 0.2) is 42.7 Å². The van der Waals surface area contributed by atoms with Crippen LogP contribution in [0, 0.1) is 0 Å². The maximum atomic E-state index is 12.4. The maximum absolute atomic E-state index is 12.4. The number of H-pyrrole nitrogens is 1. The lowest BCUT2D eigenvalue weighted by Gasteiger charge is -2.23. The van der Waals surface area contributed by atoms with Crippen LogP contribution < -0.4 is 0 Å². The van der Waals surface area contributed by atoms with Crippen molar-refractivity contribution in [2.24, 2.45) is 0 Å². The number of hydrogen-bond donors (Lipinski definition) is 1. The van der Waals surface area contributed by atoms with E-state index in [2.05, 4.69) is 9.97 Å². The van der Waals surface area contributed by atoms with Gasteiger partial charge in [0.05, 0.1) is 6.54 Å². The van der Waals surface area contributed by atoms with E-state index in [1.54, 1.807) is 26.5 Å². The van der Waals surface area contributed by atoms with Crippen molar-refractivity contribution in [1.82, 2.24) is 18.6 Å². The summed E-state index contributed by atoms with van der Waals surface area (Å²) in [5.41, 5.74) is 0.949. The van der Waals surface area contributed by atoms with Gasteiger partial charge in [0, 0.05) is 33.0 Å². The molecule has 0 aliphatic heterocycles. The number of imidazole rings is 1. The molecule has 2 aromatic rings. The van der Waals surface area contributed by atoms with Crippen LogP contribution in [0.4, 0.5) is 0 Å². The third kappa shape index (κ3) is 3.44. The lowest BCUT2D eigenvalue weighted by molar-refractivity contribution is 0.382. The molecule has 2 rings (SSSR count). The Labute approximate surface area is 119 Å². The average molecular weight is 294 g/mol. The molecule has 1 N–H and O–H groups in total. The molecule has 6 nitrogen and oxygen atoms in total. The van der Waals surface area contributed by atoms with E-state index >= 15 is 0 Å². The van der Waals surface area contributed by atoms with Gasteiger partial charge in [-0.3, -0.25) is 0 Å². The predicted molar refractivity (Wildman–Crippen MR) is 76.9 cm³/mol. The minimum atomic E-state index is -3.51. The summed E-state index contributed by atoms with van der Waals surface area (Å²) in [6, 6.07) is 9.49. The number of benzene rings is 1. The molecule has 0 aliphatic carbocycles.